The number of aliphatic hydroxyl groups is 1. The molecule has 2 rings (SSSR count). The molecule has 1 aliphatic heterocycles. The molecule has 0 spiro atoms. The standard InChI is InChI=1S/C12H15N3O4/c16-9-12(17)14-6-4-13(5-7-14)10-2-1-3-11(8-10)15(18)19/h1-3,8,16H,4-7,9H2. The van der Waals surface area contributed by atoms with Crippen LogP contribution in [0.4, 0.5) is 11.4 Å². The number of benzene rings is 1. The summed E-state index contributed by atoms with van der Waals surface area (Å²) in [4.78, 5) is 25.2. The van der Waals surface area contributed by atoms with Crippen molar-refractivity contribution in [3.63, 3.8) is 0 Å². The fraction of sp³-hybridized carbons (Fsp3) is 0.417. The van der Waals surface area contributed by atoms with Gasteiger partial charge in [-0.25, -0.2) is 0 Å². The van der Waals surface area contributed by atoms with E-state index >= 15 is 0 Å². The summed E-state index contributed by atoms with van der Waals surface area (Å²) < 4.78 is 0. The van der Waals surface area contributed by atoms with Gasteiger partial charge in [0.25, 0.3) is 5.69 Å². The second kappa shape index (κ2) is 5.66. The van der Waals surface area contributed by atoms with E-state index in [0.29, 0.717) is 26.2 Å². The van der Waals surface area contributed by atoms with Gasteiger partial charge in [0, 0.05) is 44.0 Å². The van der Waals surface area contributed by atoms with E-state index in [1.807, 2.05) is 11.0 Å². The average Bonchev–Trinajstić information content (AvgIpc) is 2.46. The molecule has 1 aromatic rings. The summed E-state index contributed by atoms with van der Waals surface area (Å²) in [6.45, 7) is 1.76. The Morgan fingerprint density at radius 3 is 2.58 bits per heavy atom. The molecule has 1 heterocycles. The molecule has 0 bridgehead atoms. The van der Waals surface area contributed by atoms with Gasteiger partial charge in [-0.1, -0.05) is 6.07 Å². The lowest BCUT2D eigenvalue weighted by atomic mass is 10.2. The van der Waals surface area contributed by atoms with Crippen molar-refractivity contribution in [1.82, 2.24) is 4.90 Å². The number of amides is 1. The van der Waals surface area contributed by atoms with Gasteiger partial charge in [0.15, 0.2) is 0 Å². The van der Waals surface area contributed by atoms with E-state index in [1.165, 1.54) is 12.1 Å². The van der Waals surface area contributed by atoms with Gasteiger partial charge in [-0.05, 0) is 6.07 Å². The fourth-order valence-electron chi connectivity index (χ4n) is 2.12. The SMILES string of the molecule is O=C(CO)N1CCN(c2cccc([N+](=O)[O-])c2)CC1. The van der Waals surface area contributed by atoms with Gasteiger partial charge in [0.05, 0.1) is 4.92 Å². The summed E-state index contributed by atoms with van der Waals surface area (Å²) in [5.74, 6) is -0.279. The number of nitro groups is 1. The van der Waals surface area contributed by atoms with Gasteiger partial charge in [-0.3, -0.25) is 14.9 Å². The highest BCUT2D eigenvalue weighted by Gasteiger charge is 2.21. The number of hydrogen-bond donors (Lipinski definition) is 1. The maximum absolute atomic E-state index is 11.3. The molecular formula is C12H15N3O4. The minimum Gasteiger partial charge on any atom is -0.387 e. The van der Waals surface area contributed by atoms with Crippen LogP contribution in [0.15, 0.2) is 24.3 Å². The Kier molecular flexibility index (Phi) is 3.96. The summed E-state index contributed by atoms with van der Waals surface area (Å²) in [6, 6.07) is 6.45. The zero-order valence-corrected chi connectivity index (χ0v) is 10.4. The number of carbonyl (C=O) groups is 1. The van der Waals surface area contributed by atoms with Crippen LogP contribution in [0.1, 0.15) is 0 Å². The molecule has 0 aromatic heterocycles. The molecule has 0 radical (unpaired) electrons. The normalized spacial score (nSPS) is 15.4. The Morgan fingerprint density at radius 2 is 2.00 bits per heavy atom. The molecule has 0 aliphatic carbocycles. The zero-order valence-electron chi connectivity index (χ0n) is 10.4. The summed E-state index contributed by atoms with van der Waals surface area (Å²) >= 11 is 0. The van der Waals surface area contributed by atoms with Crippen LogP contribution in [-0.4, -0.2) is 53.6 Å². The average molecular weight is 265 g/mol. The molecule has 1 N–H and O–H groups in total. The van der Waals surface area contributed by atoms with Crippen molar-refractivity contribution in [3.8, 4) is 0 Å². The molecular weight excluding hydrogens is 250 g/mol. The first kappa shape index (κ1) is 13.3. The number of carbonyl (C=O) groups excluding carboxylic acids is 1. The predicted octanol–water partition coefficient (Wildman–Crippen LogP) is 0.236. The first-order valence-corrected chi connectivity index (χ1v) is 6.00. The molecule has 102 valence electrons. The number of nitrogens with zero attached hydrogens (tertiary/aromatic N) is 3. The molecule has 1 fully saturated rings. The number of aliphatic hydroxyl groups excluding tert-OH is 1. The second-order valence-corrected chi connectivity index (χ2v) is 4.30. The summed E-state index contributed by atoms with van der Waals surface area (Å²) in [7, 11) is 0. The lowest BCUT2D eigenvalue weighted by Crippen LogP contribution is -2.49. The zero-order chi connectivity index (χ0) is 13.8. The Labute approximate surface area is 110 Å². The van der Waals surface area contributed by atoms with Gasteiger partial charge >= 0.3 is 0 Å². The number of piperazine rings is 1. The molecule has 1 amide bonds. The topological polar surface area (TPSA) is 86.9 Å². The Balaban J connectivity index is 2.03. The molecule has 0 atom stereocenters. The lowest BCUT2D eigenvalue weighted by molar-refractivity contribution is -0.384. The van der Waals surface area contributed by atoms with E-state index in [9.17, 15) is 14.9 Å². The van der Waals surface area contributed by atoms with Crippen molar-refractivity contribution in [2.24, 2.45) is 0 Å². The van der Waals surface area contributed by atoms with Crippen molar-refractivity contribution in [3.05, 3.63) is 34.4 Å². The third kappa shape index (κ3) is 3.00. The van der Waals surface area contributed by atoms with Crippen molar-refractivity contribution >= 4 is 17.3 Å². The van der Waals surface area contributed by atoms with Crippen molar-refractivity contribution in [1.29, 1.82) is 0 Å². The van der Waals surface area contributed by atoms with E-state index in [1.54, 1.807) is 11.0 Å². The van der Waals surface area contributed by atoms with E-state index in [-0.39, 0.29) is 11.6 Å². The summed E-state index contributed by atoms with van der Waals surface area (Å²) in [6.07, 6.45) is 0. The van der Waals surface area contributed by atoms with Crippen molar-refractivity contribution in [2.45, 2.75) is 0 Å². The molecule has 0 unspecified atom stereocenters. The fourth-order valence-corrected chi connectivity index (χ4v) is 2.12. The van der Waals surface area contributed by atoms with Crippen LogP contribution in [0.5, 0.6) is 0 Å². The van der Waals surface area contributed by atoms with E-state index in [2.05, 4.69) is 0 Å². The van der Waals surface area contributed by atoms with E-state index in [0.717, 1.165) is 5.69 Å². The molecule has 19 heavy (non-hydrogen) atoms. The number of anilines is 1. The first-order valence-electron chi connectivity index (χ1n) is 6.00. The number of hydrogen-bond acceptors (Lipinski definition) is 5. The molecule has 0 saturated carbocycles. The maximum atomic E-state index is 11.3. The van der Waals surface area contributed by atoms with Crippen molar-refractivity contribution in [2.75, 3.05) is 37.7 Å². The Hall–Kier alpha value is -2.15. The molecule has 1 aliphatic rings. The van der Waals surface area contributed by atoms with Crippen LogP contribution in [0.2, 0.25) is 0 Å². The largest absolute Gasteiger partial charge is 0.387 e. The molecule has 7 heteroatoms. The van der Waals surface area contributed by atoms with Crippen molar-refractivity contribution < 1.29 is 14.8 Å². The lowest BCUT2D eigenvalue weighted by Gasteiger charge is -2.35. The van der Waals surface area contributed by atoms with Gasteiger partial charge in [0.1, 0.15) is 6.61 Å². The Bertz CT molecular complexity index is 484. The number of non-ortho nitro benzene ring substituents is 1. The number of nitro benzene ring substituents is 1. The highest BCUT2D eigenvalue weighted by Crippen LogP contribution is 2.22. The summed E-state index contributed by atoms with van der Waals surface area (Å²) in [5, 5.41) is 19.5. The van der Waals surface area contributed by atoms with Crippen LogP contribution >= 0.6 is 0 Å². The van der Waals surface area contributed by atoms with Gasteiger partial charge in [-0.2, -0.15) is 0 Å². The third-order valence-electron chi connectivity index (χ3n) is 3.17. The van der Waals surface area contributed by atoms with E-state index in [4.69, 9.17) is 5.11 Å². The number of rotatable bonds is 3. The molecule has 1 aromatic carbocycles. The molecule has 7 nitrogen and oxygen atoms in total. The second-order valence-electron chi connectivity index (χ2n) is 4.30. The van der Waals surface area contributed by atoms with Crippen LogP contribution in [0.25, 0.3) is 0 Å². The van der Waals surface area contributed by atoms with Gasteiger partial charge in [0.2, 0.25) is 5.91 Å². The predicted molar refractivity (Wildman–Crippen MR) is 69.0 cm³/mol. The smallest absolute Gasteiger partial charge is 0.271 e. The minimum atomic E-state index is -0.475. The van der Waals surface area contributed by atoms with Crippen LogP contribution in [-0.2, 0) is 4.79 Å². The minimum absolute atomic E-state index is 0.0614. The van der Waals surface area contributed by atoms with Crippen LogP contribution < -0.4 is 4.90 Å². The van der Waals surface area contributed by atoms with Crippen LogP contribution in [0.3, 0.4) is 0 Å². The highest BCUT2D eigenvalue weighted by atomic mass is 16.6. The quantitative estimate of drug-likeness (QED) is 0.624. The highest BCUT2D eigenvalue weighted by molar-refractivity contribution is 5.77. The van der Waals surface area contributed by atoms with Gasteiger partial charge in [-0.15, -0.1) is 0 Å². The van der Waals surface area contributed by atoms with Crippen LogP contribution in [0, 0.1) is 10.1 Å². The third-order valence-corrected chi connectivity index (χ3v) is 3.17. The molecule has 1 saturated heterocycles. The van der Waals surface area contributed by atoms with E-state index < -0.39 is 11.5 Å². The monoisotopic (exact) mass is 265 g/mol. The maximum Gasteiger partial charge on any atom is 0.271 e. The first-order chi connectivity index (χ1) is 9.11. The van der Waals surface area contributed by atoms with Gasteiger partial charge < -0.3 is 14.9 Å². The Morgan fingerprint density at radius 1 is 1.32 bits per heavy atom. The summed E-state index contributed by atoms with van der Waals surface area (Å²) in [5.41, 5.74) is 0.844.